The average molecular weight is 492 g/mol. The third-order valence-corrected chi connectivity index (χ3v) is 6.89. The number of carbonyl (C=O) groups is 1. The van der Waals surface area contributed by atoms with Gasteiger partial charge in [-0.1, -0.05) is 18.2 Å². The Morgan fingerprint density at radius 1 is 1.09 bits per heavy atom. The molecule has 9 nitrogen and oxygen atoms in total. The molecule has 0 aromatic heterocycles. The van der Waals surface area contributed by atoms with E-state index in [2.05, 4.69) is 15.4 Å². The number of para-hydroxylation sites is 1. The summed E-state index contributed by atoms with van der Waals surface area (Å²) in [6, 6.07) is 14.6. The van der Waals surface area contributed by atoms with Crippen molar-refractivity contribution in [3.63, 3.8) is 0 Å². The van der Waals surface area contributed by atoms with Crippen molar-refractivity contribution in [1.29, 1.82) is 0 Å². The Labute approximate surface area is 200 Å². The van der Waals surface area contributed by atoms with Crippen LogP contribution in [0.15, 0.2) is 59.5 Å². The molecule has 186 valence electrons. The standard InChI is InChI=1S/C24H33N3O6S/c1-17(2)26-24(29)25-15-14-20-10-13-22(23(16-28)33-20)27-34(30,31)21-11-8-19(9-12-21)32-18-6-4-3-5-7-18/h3-9,11-12,17,20,22-23,27-28H,10,13-16H2,1-2H3,(H2,25,26,29)/t20-,22+,23-/m0/s1. The number of amides is 2. The first-order chi connectivity index (χ1) is 16.3. The number of aliphatic hydroxyl groups excluding tert-OH is 1. The van der Waals surface area contributed by atoms with Gasteiger partial charge in [0.2, 0.25) is 10.0 Å². The van der Waals surface area contributed by atoms with Gasteiger partial charge >= 0.3 is 6.03 Å². The van der Waals surface area contributed by atoms with E-state index in [-0.39, 0.29) is 29.7 Å². The van der Waals surface area contributed by atoms with Crippen molar-refractivity contribution in [3.8, 4) is 11.5 Å². The molecule has 3 rings (SSSR count). The minimum Gasteiger partial charge on any atom is -0.457 e. The van der Waals surface area contributed by atoms with Crippen molar-refractivity contribution in [3.05, 3.63) is 54.6 Å². The predicted octanol–water partition coefficient (Wildman–Crippen LogP) is 2.76. The van der Waals surface area contributed by atoms with Crippen molar-refractivity contribution in [2.24, 2.45) is 0 Å². The number of rotatable bonds is 10. The summed E-state index contributed by atoms with van der Waals surface area (Å²) in [7, 11) is -3.81. The Morgan fingerprint density at radius 3 is 2.41 bits per heavy atom. The Hall–Kier alpha value is -2.66. The Bertz CT molecular complexity index is 1010. The average Bonchev–Trinajstić information content (AvgIpc) is 2.80. The lowest BCUT2D eigenvalue weighted by atomic mass is 9.98. The van der Waals surface area contributed by atoms with Gasteiger partial charge in [0.05, 0.1) is 29.8 Å². The molecule has 3 atom stereocenters. The molecular weight excluding hydrogens is 458 g/mol. The fourth-order valence-electron chi connectivity index (χ4n) is 3.72. The lowest BCUT2D eigenvalue weighted by Crippen LogP contribution is -2.51. The molecule has 2 amide bonds. The van der Waals surface area contributed by atoms with Gasteiger partial charge in [0.1, 0.15) is 11.5 Å². The van der Waals surface area contributed by atoms with Crippen LogP contribution >= 0.6 is 0 Å². The lowest BCUT2D eigenvalue weighted by Gasteiger charge is -2.36. The zero-order valence-corrected chi connectivity index (χ0v) is 20.3. The molecule has 1 aliphatic rings. The van der Waals surface area contributed by atoms with E-state index in [0.29, 0.717) is 37.3 Å². The maximum Gasteiger partial charge on any atom is 0.314 e. The highest BCUT2D eigenvalue weighted by molar-refractivity contribution is 7.89. The second kappa shape index (κ2) is 12.2. The zero-order valence-electron chi connectivity index (χ0n) is 19.4. The molecule has 0 spiro atoms. The molecule has 1 aliphatic heterocycles. The van der Waals surface area contributed by atoms with Crippen LogP contribution < -0.4 is 20.1 Å². The summed E-state index contributed by atoms with van der Waals surface area (Å²) < 4.78 is 40.1. The van der Waals surface area contributed by atoms with Crippen LogP contribution in [0.1, 0.15) is 33.1 Å². The van der Waals surface area contributed by atoms with Crippen molar-refractivity contribution in [2.75, 3.05) is 13.2 Å². The quantitative estimate of drug-likeness (QED) is 0.405. The third-order valence-electron chi connectivity index (χ3n) is 5.39. The fraction of sp³-hybridized carbons (Fsp3) is 0.458. The first-order valence-corrected chi connectivity index (χ1v) is 12.9. The van der Waals surface area contributed by atoms with Crippen LogP contribution in [0.2, 0.25) is 0 Å². The number of aliphatic hydroxyl groups is 1. The molecule has 1 fully saturated rings. The fourth-order valence-corrected chi connectivity index (χ4v) is 5.02. The van der Waals surface area contributed by atoms with E-state index in [1.165, 1.54) is 12.1 Å². The maximum absolute atomic E-state index is 12.9. The topological polar surface area (TPSA) is 126 Å². The number of carbonyl (C=O) groups excluding carboxylic acids is 1. The highest BCUT2D eigenvalue weighted by atomic mass is 32.2. The van der Waals surface area contributed by atoms with Gasteiger partial charge in [-0.3, -0.25) is 0 Å². The van der Waals surface area contributed by atoms with E-state index in [1.54, 1.807) is 12.1 Å². The van der Waals surface area contributed by atoms with Gasteiger partial charge in [0, 0.05) is 12.6 Å². The van der Waals surface area contributed by atoms with Crippen molar-refractivity contribution < 1.29 is 27.8 Å². The molecule has 0 bridgehead atoms. The molecular formula is C24H33N3O6S. The van der Waals surface area contributed by atoms with Crippen LogP contribution in [0, 0.1) is 0 Å². The molecule has 34 heavy (non-hydrogen) atoms. The lowest BCUT2D eigenvalue weighted by molar-refractivity contribution is -0.0871. The number of hydrogen-bond acceptors (Lipinski definition) is 6. The van der Waals surface area contributed by atoms with Crippen LogP contribution in [0.3, 0.4) is 0 Å². The first kappa shape index (κ1) is 26.0. The summed E-state index contributed by atoms with van der Waals surface area (Å²) in [6.07, 6.45) is 0.860. The highest BCUT2D eigenvalue weighted by Gasteiger charge is 2.33. The maximum atomic E-state index is 12.9. The summed E-state index contributed by atoms with van der Waals surface area (Å²) in [5, 5.41) is 15.3. The summed E-state index contributed by atoms with van der Waals surface area (Å²) in [5.41, 5.74) is 0. The SMILES string of the molecule is CC(C)NC(=O)NCC[C@@H]1CC[C@@H](NS(=O)(=O)c2ccc(Oc3ccccc3)cc2)[C@H](CO)O1. The molecule has 2 aromatic carbocycles. The van der Waals surface area contributed by atoms with Crippen LogP contribution in [0.25, 0.3) is 0 Å². The second-order valence-corrected chi connectivity index (χ2v) is 10.2. The van der Waals surface area contributed by atoms with Crippen LogP contribution in [0.4, 0.5) is 4.79 Å². The van der Waals surface area contributed by atoms with Gasteiger partial charge in [-0.15, -0.1) is 0 Å². The molecule has 0 saturated carbocycles. The van der Waals surface area contributed by atoms with Gasteiger partial charge in [0.25, 0.3) is 0 Å². The van der Waals surface area contributed by atoms with E-state index in [9.17, 15) is 18.3 Å². The van der Waals surface area contributed by atoms with E-state index in [4.69, 9.17) is 9.47 Å². The first-order valence-electron chi connectivity index (χ1n) is 11.4. The molecule has 4 N–H and O–H groups in total. The van der Waals surface area contributed by atoms with Crippen LogP contribution in [-0.4, -0.2) is 57.0 Å². The van der Waals surface area contributed by atoms with Crippen LogP contribution in [-0.2, 0) is 14.8 Å². The van der Waals surface area contributed by atoms with Crippen molar-refractivity contribution >= 4 is 16.1 Å². The van der Waals surface area contributed by atoms with Gasteiger partial charge in [-0.05, 0) is 69.5 Å². The monoisotopic (exact) mass is 491 g/mol. The normalized spacial score (nSPS) is 20.6. The van der Waals surface area contributed by atoms with Crippen molar-refractivity contribution in [1.82, 2.24) is 15.4 Å². The summed E-state index contributed by atoms with van der Waals surface area (Å²) >= 11 is 0. The van der Waals surface area contributed by atoms with Crippen LogP contribution in [0.5, 0.6) is 11.5 Å². The summed E-state index contributed by atoms with van der Waals surface area (Å²) in [5.74, 6) is 1.18. The summed E-state index contributed by atoms with van der Waals surface area (Å²) in [6.45, 7) is 3.87. The molecule has 1 heterocycles. The largest absolute Gasteiger partial charge is 0.457 e. The molecule has 1 saturated heterocycles. The van der Waals surface area contributed by atoms with E-state index >= 15 is 0 Å². The zero-order chi connectivity index (χ0) is 24.6. The number of ether oxygens (including phenoxy) is 2. The van der Waals surface area contributed by atoms with Crippen molar-refractivity contribution in [2.45, 2.75) is 62.3 Å². The molecule has 0 aliphatic carbocycles. The van der Waals surface area contributed by atoms with Gasteiger partial charge in [-0.25, -0.2) is 17.9 Å². The third kappa shape index (κ3) is 7.69. The highest BCUT2D eigenvalue weighted by Crippen LogP contribution is 2.25. The van der Waals surface area contributed by atoms with E-state index < -0.39 is 22.2 Å². The van der Waals surface area contributed by atoms with Gasteiger partial charge in [-0.2, -0.15) is 0 Å². The number of benzene rings is 2. The second-order valence-electron chi connectivity index (χ2n) is 8.51. The van der Waals surface area contributed by atoms with Gasteiger partial charge < -0.3 is 25.2 Å². The number of urea groups is 1. The Morgan fingerprint density at radius 2 is 1.76 bits per heavy atom. The minimum atomic E-state index is -3.81. The Balaban J connectivity index is 1.52. The summed E-state index contributed by atoms with van der Waals surface area (Å²) in [4.78, 5) is 11.8. The molecule has 0 radical (unpaired) electrons. The predicted molar refractivity (Wildman–Crippen MR) is 128 cm³/mol. The number of hydrogen-bond donors (Lipinski definition) is 4. The van der Waals surface area contributed by atoms with Gasteiger partial charge in [0.15, 0.2) is 0 Å². The smallest absolute Gasteiger partial charge is 0.314 e. The minimum absolute atomic E-state index is 0.0473. The number of sulfonamides is 1. The molecule has 10 heteroatoms. The van der Waals surface area contributed by atoms with E-state index in [0.717, 1.165) is 0 Å². The molecule has 0 unspecified atom stereocenters. The number of nitrogens with one attached hydrogen (secondary N) is 3. The molecule has 2 aromatic rings. The Kier molecular flexibility index (Phi) is 9.28. The van der Waals surface area contributed by atoms with E-state index in [1.807, 2.05) is 44.2 Å².